The zero-order chi connectivity index (χ0) is 18.3. The van der Waals surface area contributed by atoms with E-state index >= 15 is 0 Å². The number of hydrogen-bond acceptors (Lipinski definition) is 4. The first kappa shape index (κ1) is 19.9. The van der Waals surface area contributed by atoms with Crippen LogP contribution in [0, 0.1) is 22.7 Å². The van der Waals surface area contributed by atoms with Gasteiger partial charge in [-0.3, -0.25) is 0 Å². The van der Waals surface area contributed by atoms with E-state index in [1.165, 1.54) is 0 Å². The van der Waals surface area contributed by atoms with Crippen molar-refractivity contribution >= 4 is 0 Å². The van der Waals surface area contributed by atoms with Crippen LogP contribution in [-0.2, 0) is 0 Å². The average molecular weight is 341 g/mol. The minimum Gasteiger partial charge on any atom is -0.394 e. The van der Waals surface area contributed by atoms with E-state index in [4.69, 9.17) is 5.11 Å². The Labute approximate surface area is 146 Å². The van der Waals surface area contributed by atoms with Gasteiger partial charge in [-0.2, -0.15) is 0 Å². The molecule has 2 saturated carbocycles. The molecule has 4 N–H and O–H groups in total. The average Bonchev–Trinajstić information content (AvgIpc) is 2.43. The van der Waals surface area contributed by atoms with E-state index in [0.717, 1.165) is 31.3 Å². The first-order chi connectivity index (χ1) is 11.0. The van der Waals surface area contributed by atoms with Crippen molar-refractivity contribution in [1.82, 2.24) is 0 Å². The highest BCUT2D eigenvalue weighted by atomic mass is 16.4. The molecule has 2 fully saturated rings. The maximum Gasteiger partial charge on any atom is 0.105 e. The molecule has 2 rings (SSSR count). The summed E-state index contributed by atoms with van der Waals surface area (Å²) in [6.45, 7) is 12.2. The Morgan fingerprint density at radius 1 is 1.29 bits per heavy atom. The van der Waals surface area contributed by atoms with Crippen molar-refractivity contribution < 1.29 is 20.4 Å². The third kappa shape index (κ3) is 3.44. The van der Waals surface area contributed by atoms with E-state index in [-0.39, 0.29) is 28.8 Å². The summed E-state index contributed by atoms with van der Waals surface area (Å²) in [6, 6.07) is 0. The van der Waals surface area contributed by atoms with Gasteiger partial charge in [0, 0.05) is 0 Å². The summed E-state index contributed by atoms with van der Waals surface area (Å²) < 4.78 is 0. The molecule has 0 aromatic heterocycles. The van der Waals surface area contributed by atoms with Gasteiger partial charge in [0.2, 0.25) is 0 Å². The molecule has 4 nitrogen and oxygen atoms in total. The maximum absolute atomic E-state index is 10.8. The summed E-state index contributed by atoms with van der Waals surface area (Å²) in [5.74, 6) is 0.449. The van der Waals surface area contributed by atoms with E-state index in [1.807, 2.05) is 0 Å². The topological polar surface area (TPSA) is 80.9 Å². The lowest BCUT2D eigenvalue weighted by Crippen LogP contribution is -2.55. The van der Waals surface area contributed by atoms with Crippen LogP contribution in [0.5, 0.6) is 0 Å². The zero-order valence-electron chi connectivity index (χ0n) is 15.8. The summed E-state index contributed by atoms with van der Waals surface area (Å²) in [5.41, 5.74) is -0.177. The highest BCUT2D eigenvalue weighted by molar-refractivity contribution is 5.18. The van der Waals surface area contributed by atoms with Gasteiger partial charge < -0.3 is 20.4 Å². The molecule has 0 aromatic carbocycles. The quantitative estimate of drug-likeness (QED) is 0.580. The molecule has 24 heavy (non-hydrogen) atoms. The second-order valence-corrected chi connectivity index (χ2v) is 9.40. The van der Waals surface area contributed by atoms with Crippen LogP contribution in [0.4, 0.5) is 0 Å². The van der Waals surface area contributed by atoms with Crippen LogP contribution in [0.25, 0.3) is 0 Å². The fourth-order valence-corrected chi connectivity index (χ4v) is 5.81. The fourth-order valence-electron chi connectivity index (χ4n) is 5.81. The number of hydrogen-bond donors (Lipinski definition) is 4. The van der Waals surface area contributed by atoms with Crippen LogP contribution >= 0.6 is 0 Å². The number of rotatable bonds is 5. The zero-order valence-corrected chi connectivity index (χ0v) is 15.8. The molecule has 0 heterocycles. The minimum atomic E-state index is -1.30. The normalized spacial score (nSPS) is 39.8. The van der Waals surface area contributed by atoms with Gasteiger partial charge in [0.25, 0.3) is 0 Å². The van der Waals surface area contributed by atoms with Crippen LogP contribution in [0.1, 0.15) is 66.2 Å². The molecule has 0 amide bonds. The van der Waals surface area contributed by atoms with Crippen molar-refractivity contribution in [1.29, 1.82) is 0 Å². The van der Waals surface area contributed by atoms with Crippen molar-refractivity contribution in [2.75, 3.05) is 6.61 Å². The van der Waals surface area contributed by atoms with Crippen molar-refractivity contribution in [3.63, 3.8) is 0 Å². The van der Waals surface area contributed by atoms with Gasteiger partial charge in [-0.1, -0.05) is 39.3 Å². The lowest BCUT2D eigenvalue weighted by molar-refractivity contribution is -0.130. The third-order valence-corrected chi connectivity index (χ3v) is 7.06. The van der Waals surface area contributed by atoms with Gasteiger partial charge in [-0.05, 0) is 61.7 Å². The summed E-state index contributed by atoms with van der Waals surface area (Å²) in [5, 5.41) is 40.2. The SMILES string of the molecule is C=C1C[C@H](O)[C@H]2C(C)(C)CCC[C@]2(C)[C@H]1CC[C@](C)(O)[C@@H](O)CO. The summed E-state index contributed by atoms with van der Waals surface area (Å²) >= 11 is 0. The second-order valence-electron chi connectivity index (χ2n) is 9.40. The van der Waals surface area contributed by atoms with Gasteiger partial charge in [-0.25, -0.2) is 0 Å². The summed E-state index contributed by atoms with van der Waals surface area (Å²) in [7, 11) is 0. The molecule has 4 heteroatoms. The molecule has 2 aliphatic rings. The Balaban J connectivity index is 2.23. The van der Waals surface area contributed by atoms with Gasteiger partial charge in [0.05, 0.1) is 18.3 Å². The van der Waals surface area contributed by atoms with Gasteiger partial charge in [0.15, 0.2) is 0 Å². The molecule has 2 aliphatic carbocycles. The molecule has 0 bridgehead atoms. The third-order valence-electron chi connectivity index (χ3n) is 7.06. The highest BCUT2D eigenvalue weighted by Gasteiger charge is 2.56. The van der Waals surface area contributed by atoms with E-state index in [2.05, 4.69) is 27.4 Å². The number of aliphatic hydroxyl groups excluding tert-OH is 3. The number of fused-ring (bicyclic) bond motifs is 1. The van der Waals surface area contributed by atoms with Crippen LogP contribution in [0.3, 0.4) is 0 Å². The van der Waals surface area contributed by atoms with Crippen LogP contribution < -0.4 is 0 Å². The summed E-state index contributed by atoms with van der Waals surface area (Å²) in [6.07, 6.45) is 3.61. The van der Waals surface area contributed by atoms with E-state index < -0.39 is 18.3 Å². The fraction of sp³-hybridized carbons (Fsp3) is 0.900. The minimum absolute atomic E-state index is 0.0310. The lowest BCUT2D eigenvalue weighted by atomic mass is 9.46. The predicted octanol–water partition coefficient (Wildman–Crippen LogP) is 2.64. The van der Waals surface area contributed by atoms with E-state index in [0.29, 0.717) is 12.8 Å². The Kier molecular flexibility index (Phi) is 5.57. The second kappa shape index (κ2) is 6.71. The van der Waals surface area contributed by atoms with Crippen LogP contribution in [0.2, 0.25) is 0 Å². The molecular formula is C20H36O4. The maximum atomic E-state index is 10.8. The summed E-state index contributed by atoms with van der Waals surface area (Å²) in [4.78, 5) is 0. The molecule has 0 spiro atoms. The molecule has 0 aliphatic heterocycles. The van der Waals surface area contributed by atoms with Gasteiger partial charge in [-0.15, -0.1) is 0 Å². The van der Waals surface area contributed by atoms with Crippen molar-refractivity contribution in [3.05, 3.63) is 12.2 Å². The van der Waals surface area contributed by atoms with Crippen molar-refractivity contribution in [2.45, 2.75) is 84.0 Å². The molecule has 0 unspecified atom stereocenters. The molecule has 6 atom stereocenters. The standard InChI is InChI=1S/C20H36O4/c1-13-11-15(22)17-18(2,3)8-6-9-19(17,4)14(13)7-10-20(5,24)16(23)12-21/h14-17,21-24H,1,6-12H2,2-5H3/t14-,15-,16-,17-,19+,20-/m0/s1. The molecular weight excluding hydrogens is 304 g/mol. The molecule has 0 saturated heterocycles. The number of aliphatic hydroxyl groups is 4. The first-order valence-electron chi connectivity index (χ1n) is 9.33. The Bertz CT molecular complexity index is 470. The van der Waals surface area contributed by atoms with E-state index in [1.54, 1.807) is 6.92 Å². The Hall–Kier alpha value is -0.420. The lowest BCUT2D eigenvalue weighted by Gasteiger charge is -2.60. The van der Waals surface area contributed by atoms with Crippen molar-refractivity contribution in [2.24, 2.45) is 22.7 Å². The van der Waals surface area contributed by atoms with Crippen molar-refractivity contribution in [3.8, 4) is 0 Å². The van der Waals surface area contributed by atoms with Crippen LogP contribution in [-0.4, -0.2) is 44.8 Å². The molecule has 140 valence electrons. The van der Waals surface area contributed by atoms with Gasteiger partial charge >= 0.3 is 0 Å². The smallest absolute Gasteiger partial charge is 0.105 e. The highest BCUT2D eigenvalue weighted by Crippen LogP contribution is 2.61. The monoisotopic (exact) mass is 340 g/mol. The Morgan fingerprint density at radius 2 is 1.92 bits per heavy atom. The Morgan fingerprint density at radius 3 is 2.50 bits per heavy atom. The van der Waals surface area contributed by atoms with Gasteiger partial charge in [0.1, 0.15) is 6.10 Å². The molecule has 0 radical (unpaired) electrons. The van der Waals surface area contributed by atoms with E-state index in [9.17, 15) is 15.3 Å². The molecule has 0 aromatic rings. The van der Waals surface area contributed by atoms with Crippen LogP contribution in [0.15, 0.2) is 12.2 Å². The first-order valence-corrected chi connectivity index (χ1v) is 9.33. The largest absolute Gasteiger partial charge is 0.394 e. The predicted molar refractivity (Wildman–Crippen MR) is 95.4 cm³/mol.